The molecule has 0 atom stereocenters. The van der Waals surface area contributed by atoms with Gasteiger partial charge in [-0.2, -0.15) is 0 Å². The van der Waals surface area contributed by atoms with E-state index in [-0.39, 0.29) is 0 Å². The summed E-state index contributed by atoms with van der Waals surface area (Å²) in [7, 11) is 0. The summed E-state index contributed by atoms with van der Waals surface area (Å²) in [4.78, 5) is 4.63. The Morgan fingerprint density at radius 1 is 1.21 bits per heavy atom. The van der Waals surface area contributed by atoms with Gasteiger partial charge in [-0.05, 0) is 37.1 Å². The van der Waals surface area contributed by atoms with Crippen LogP contribution < -0.4 is 10.6 Å². The Labute approximate surface area is 115 Å². The van der Waals surface area contributed by atoms with Gasteiger partial charge in [0.05, 0.1) is 5.52 Å². The predicted molar refractivity (Wildman–Crippen MR) is 82.5 cm³/mol. The Morgan fingerprint density at radius 3 is 2.74 bits per heavy atom. The lowest BCUT2D eigenvalue weighted by molar-refractivity contribution is 0.553. The molecule has 0 fully saturated rings. The lowest BCUT2D eigenvalue weighted by atomic mass is 10.1. The van der Waals surface area contributed by atoms with Crippen LogP contribution in [0.15, 0.2) is 30.3 Å². The number of benzene rings is 1. The minimum absolute atomic E-state index is 0.668. The quantitative estimate of drug-likeness (QED) is 0.832. The molecule has 0 aliphatic carbocycles. The fraction of sp³-hybridized carbons (Fsp3) is 0.438. The number of pyridine rings is 1. The SMILES string of the molecule is CCNc1cc(CNCC(C)C)c2ccccc2n1. The van der Waals surface area contributed by atoms with E-state index in [1.54, 1.807) is 0 Å². The molecule has 0 saturated heterocycles. The lowest BCUT2D eigenvalue weighted by Gasteiger charge is -2.12. The van der Waals surface area contributed by atoms with Crippen molar-refractivity contribution in [3.63, 3.8) is 0 Å². The van der Waals surface area contributed by atoms with E-state index in [4.69, 9.17) is 0 Å². The Bertz CT molecular complexity index is 535. The normalized spacial score (nSPS) is 11.2. The highest BCUT2D eigenvalue weighted by Gasteiger charge is 2.05. The molecule has 0 radical (unpaired) electrons. The fourth-order valence-electron chi connectivity index (χ4n) is 2.16. The summed E-state index contributed by atoms with van der Waals surface area (Å²) in [6.45, 7) is 9.36. The minimum Gasteiger partial charge on any atom is -0.370 e. The van der Waals surface area contributed by atoms with Gasteiger partial charge in [-0.1, -0.05) is 32.0 Å². The maximum Gasteiger partial charge on any atom is 0.126 e. The summed E-state index contributed by atoms with van der Waals surface area (Å²) >= 11 is 0. The van der Waals surface area contributed by atoms with Crippen molar-refractivity contribution in [1.29, 1.82) is 0 Å². The second kappa shape index (κ2) is 6.53. The number of nitrogens with one attached hydrogen (secondary N) is 2. The predicted octanol–water partition coefficient (Wildman–Crippen LogP) is 3.41. The van der Waals surface area contributed by atoms with Gasteiger partial charge in [-0.15, -0.1) is 0 Å². The van der Waals surface area contributed by atoms with E-state index < -0.39 is 0 Å². The molecular formula is C16H23N3. The first-order chi connectivity index (χ1) is 9.20. The average Bonchev–Trinajstić information content (AvgIpc) is 2.38. The van der Waals surface area contributed by atoms with E-state index in [1.807, 2.05) is 6.07 Å². The van der Waals surface area contributed by atoms with Gasteiger partial charge in [0.15, 0.2) is 0 Å². The van der Waals surface area contributed by atoms with E-state index in [9.17, 15) is 0 Å². The molecule has 0 unspecified atom stereocenters. The molecular weight excluding hydrogens is 234 g/mol. The van der Waals surface area contributed by atoms with Gasteiger partial charge in [0, 0.05) is 18.5 Å². The molecule has 1 aromatic carbocycles. The first-order valence-electron chi connectivity index (χ1n) is 7.04. The molecule has 0 bridgehead atoms. The first-order valence-corrected chi connectivity index (χ1v) is 7.04. The van der Waals surface area contributed by atoms with Gasteiger partial charge in [0.2, 0.25) is 0 Å². The molecule has 0 spiro atoms. The van der Waals surface area contributed by atoms with Crippen molar-refractivity contribution in [2.45, 2.75) is 27.3 Å². The Hall–Kier alpha value is -1.61. The molecule has 3 heteroatoms. The molecule has 19 heavy (non-hydrogen) atoms. The Balaban J connectivity index is 2.28. The van der Waals surface area contributed by atoms with Crippen LogP contribution in [0.5, 0.6) is 0 Å². The number of anilines is 1. The third-order valence-electron chi connectivity index (χ3n) is 3.03. The van der Waals surface area contributed by atoms with Crippen LogP contribution in [0.25, 0.3) is 10.9 Å². The van der Waals surface area contributed by atoms with Crippen LogP contribution in [0, 0.1) is 5.92 Å². The fourth-order valence-corrected chi connectivity index (χ4v) is 2.16. The van der Waals surface area contributed by atoms with Gasteiger partial charge in [-0.3, -0.25) is 0 Å². The first kappa shape index (κ1) is 13.8. The van der Waals surface area contributed by atoms with Crippen molar-refractivity contribution in [2.75, 3.05) is 18.4 Å². The molecule has 2 rings (SSSR count). The zero-order chi connectivity index (χ0) is 13.7. The number of aromatic nitrogens is 1. The molecule has 0 saturated carbocycles. The molecule has 0 aliphatic heterocycles. The molecule has 3 nitrogen and oxygen atoms in total. The van der Waals surface area contributed by atoms with Crippen molar-refractivity contribution in [3.05, 3.63) is 35.9 Å². The second-order valence-electron chi connectivity index (χ2n) is 5.24. The molecule has 2 aromatic rings. The van der Waals surface area contributed by atoms with Gasteiger partial charge < -0.3 is 10.6 Å². The zero-order valence-electron chi connectivity index (χ0n) is 12.0. The van der Waals surface area contributed by atoms with Crippen LogP contribution >= 0.6 is 0 Å². The lowest BCUT2D eigenvalue weighted by Crippen LogP contribution is -2.19. The van der Waals surface area contributed by atoms with Crippen LogP contribution in [-0.4, -0.2) is 18.1 Å². The number of hydrogen-bond acceptors (Lipinski definition) is 3. The van der Waals surface area contributed by atoms with Gasteiger partial charge in [-0.25, -0.2) is 4.98 Å². The number of para-hydroxylation sites is 1. The maximum absolute atomic E-state index is 4.63. The van der Waals surface area contributed by atoms with Crippen molar-refractivity contribution in [2.24, 2.45) is 5.92 Å². The number of nitrogens with zero attached hydrogens (tertiary/aromatic N) is 1. The summed E-state index contributed by atoms with van der Waals surface area (Å²) in [5.74, 6) is 1.63. The smallest absolute Gasteiger partial charge is 0.126 e. The van der Waals surface area contributed by atoms with Gasteiger partial charge in [0.25, 0.3) is 0 Å². The van der Waals surface area contributed by atoms with Crippen LogP contribution in [0.3, 0.4) is 0 Å². The number of fused-ring (bicyclic) bond motifs is 1. The Kier molecular flexibility index (Phi) is 4.74. The maximum atomic E-state index is 4.63. The van der Waals surface area contributed by atoms with Crippen LogP contribution in [0.2, 0.25) is 0 Å². The number of rotatable bonds is 6. The van der Waals surface area contributed by atoms with E-state index in [0.717, 1.165) is 31.0 Å². The van der Waals surface area contributed by atoms with E-state index >= 15 is 0 Å². The number of hydrogen-bond donors (Lipinski definition) is 2. The van der Waals surface area contributed by atoms with Gasteiger partial charge >= 0.3 is 0 Å². The topological polar surface area (TPSA) is 37.0 Å². The third-order valence-corrected chi connectivity index (χ3v) is 3.03. The van der Waals surface area contributed by atoms with E-state index in [1.165, 1.54) is 10.9 Å². The van der Waals surface area contributed by atoms with Crippen LogP contribution in [0.1, 0.15) is 26.3 Å². The molecule has 0 amide bonds. The minimum atomic E-state index is 0.668. The van der Waals surface area contributed by atoms with Crippen molar-refractivity contribution in [3.8, 4) is 0 Å². The highest BCUT2D eigenvalue weighted by Crippen LogP contribution is 2.20. The third kappa shape index (κ3) is 3.67. The van der Waals surface area contributed by atoms with Crippen molar-refractivity contribution in [1.82, 2.24) is 10.3 Å². The van der Waals surface area contributed by atoms with Crippen LogP contribution in [-0.2, 0) is 6.54 Å². The molecule has 102 valence electrons. The highest BCUT2D eigenvalue weighted by molar-refractivity contribution is 5.84. The summed E-state index contributed by atoms with van der Waals surface area (Å²) < 4.78 is 0. The average molecular weight is 257 g/mol. The summed E-state index contributed by atoms with van der Waals surface area (Å²) in [6, 6.07) is 10.5. The van der Waals surface area contributed by atoms with E-state index in [2.05, 4.69) is 60.7 Å². The molecule has 0 aliphatic rings. The van der Waals surface area contributed by atoms with Gasteiger partial charge in [0.1, 0.15) is 5.82 Å². The monoisotopic (exact) mass is 257 g/mol. The molecule has 2 N–H and O–H groups in total. The summed E-state index contributed by atoms with van der Waals surface area (Å²) in [6.07, 6.45) is 0. The van der Waals surface area contributed by atoms with Crippen LogP contribution in [0.4, 0.5) is 5.82 Å². The molecule has 1 heterocycles. The largest absolute Gasteiger partial charge is 0.370 e. The highest BCUT2D eigenvalue weighted by atomic mass is 15.0. The second-order valence-corrected chi connectivity index (χ2v) is 5.24. The van der Waals surface area contributed by atoms with E-state index in [0.29, 0.717) is 5.92 Å². The Morgan fingerprint density at radius 2 is 2.00 bits per heavy atom. The van der Waals surface area contributed by atoms with Crippen molar-refractivity contribution >= 4 is 16.7 Å². The summed E-state index contributed by atoms with van der Waals surface area (Å²) in [5, 5.41) is 8.04. The molecule has 1 aromatic heterocycles. The standard InChI is InChI=1S/C16H23N3/c1-4-18-16-9-13(11-17-10-12(2)3)14-7-5-6-8-15(14)19-16/h5-9,12,17H,4,10-11H2,1-3H3,(H,18,19). The zero-order valence-corrected chi connectivity index (χ0v) is 12.0. The summed E-state index contributed by atoms with van der Waals surface area (Å²) in [5.41, 5.74) is 2.37. The van der Waals surface area contributed by atoms with Crippen molar-refractivity contribution < 1.29 is 0 Å².